The predicted octanol–water partition coefficient (Wildman–Crippen LogP) is 4.79. The highest BCUT2D eigenvalue weighted by atomic mass is 19.4. The number of benzene rings is 1. The Morgan fingerprint density at radius 3 is 2.57 bits per heavy atom. The number of ether oxygens (including phenoxy) is 1. The standard InChI is InChI=1S/C19H21F3N4O2.C2H6/c20-19(21,22)28-17-5-1-4-16(11-17)25-18(27)24-15-6-9-26(10-7-15)13-14-3-2-8-23-12-14;1-2/h1-5,8,11-12,15H,6-7,9-10,13H2,(H2,24,25,27);1-2H3. The van der Waals surface area contributed by atoms with Gasteiger partial charge in [0, 0.05) is 49.8 Å². The first-order chi connectivity index (χ1) is 14.4. The minimum atomic E-state index is -4.77. The Morgan fingerprint density at radius 2 is 1.93 bits per heavy atom. The molecule has 0 aliphatic carbocycles. The molecular weight excluding hydrogens is 397 g/mol. The molecule has 3 rings (SSSR count). The number of anilines is 1. The van der Waals surface area contributed by atoms with Gasteiger partial charge in [-0.25, -0.2) is 4.79 Å². The minimum absolute atomic E-state index is 0.0137. The molecule has 2 aromatic rings. The van der Waals surface area contributed by atoms with Gasteiger partial charge < -0.3 is 15.4 Å². The summed E-state index contributed by atoms with van der Waals surface area (Å²) in [7, 11) is 0. The lowest BCUT2D eigenvalue weighted by Crippen LogP contribution is -2.45. The molecule has 1 aromatic heterocycles. The summed E-state index contributed by atoms with van der Waals surface area (Å²) in [5.41, 5.74) is 1.38. The zero-order valence-electron chi connectivity index (χ0n) is 17.1. The van der Waals surface area contributed by atoms with Gasteiger partial charge in [0.05, 0.1) is 0 Å². The van der Waals surface area contributed by atoms with Gasteiger partial charge in [-0.3, -0.25) is 9.88 Å². The molecule has 9 heteroatoms. The first-order valence-corrected chi connectivity index (χ1v) is 9.92. The number of nitrogens with one attached hydrogen (secondary N) is 2. The maximum Gasteiger partial charge on any atom is 0.573 e. The van der Waals surface area contributed by atoms with E-state index in [0.29, 0.717) is 0 Å². The monoisotopic (exact) mass is 424 g/mol. The Kier molecular flexibility index (Phi) is 8.91. The van der Waals surface area contributed by atoms with Crippen molar-refractivity contribution in [2.75, 3.05) is 18.4 Å². The summed E-state index contributed by atoms with van der Waals surface area (Å²) < 4.78 is 40.7. The van der Waals surface area contributed by atoms with Crippen molar-refractivity contribution in [3.8, 4) is 5.75 Å². The fourth-order valence-corrected chi connectivity index (χ4v) is 3.11. The molecular formula is C21H27F3N4O2. The summed E-state index contributed by atoms with van der Waals surface area (Å²) in [6, 6.07) is 8.68. The topological polar surface area (TPSA) is 66.5 Å². The smallest absolute Gasteiger partial charge is 0.406 e. The number of piperidine rings is 1. The van der Waals surface area contributed by atoms with Gasteiger partial charge in [0.2, 0.25) is 0 Å². The lowest BCUT2D eigenvalue weighted by Gasteiger charge is -2.32. The fraction of sp³-hybridized carbons (Fsp3) is 0.429. The van der Waals surface area contributed by atoms with Gasteiger partial charge in [0.1, 0.15) is 5.75 Å². The highest BCUT2D eigenvalue weighted by Crippen LogP contribution is 2.25. The number of halogens is 3. The molecule has 0 saturated carbocycles. The highest BCUT2D eigenvalue weighted by Gasteiger charge is 2.31. The lowest BCUT2D eigenvalue weighted by atomic mass is 10.0. The second kappa shape index (κ2) is 11.4. The number of amides is 2. The number of aromatic nitrogens is 1. The molecule has 0 unspecified atom stereocenters. The van der Waals surface area contributed by atoms with Crippen molar-refractivity contribution in [3.63, 3.8) is 0 Å². The molecule has 0 atom stereocenters. The molecule has 1 aliphatic rings. The number of hydrogen-bond acceptors (Lipinski definition) is 4. The number of rotatable bonds is 5. The lowest BCUT2D eigenvalue weighted by molar-refractivity contribution is -0.274. The summed E-state index contributed by atoms with van der Waals surface area (Å²) in [4.78, 5) is 18.5. The van der Waals surface area contributed by atoms with E-state index in [1.165, 1.54) is 18.2 Å². The maximum absolute atomic E-state index is 12.3. The average molecular weight is 424 g/mol. The Balaban J connectivity index is 0.00000155. The second-order valence-electron chi connectivity index (χ2n) is 6.59. The number of carbonyl (C=O) groups is 1. The molecule has 30 heavy (non-hydrogen) atoms. The first-order valence-electron chi connectivity index (χ1n) is 9.92. The van der Waals surface area contributed by atoms with Gasteiger partial charge in [0.25, 0.3) is 0 Å². The Hall–Kier alpha value is -2.81. The van der Waals surface area contributed by atoms with E-state index in [1.54, 1.807) is 6.20 Å². The van der Waals surface area contributed by atoms with Crippen LogP contribution in [0.15, 0.2) is 48.8 Å². The summed E-state index contributed by atoms with van der Waals surface area (Å²) in [5.74, 6) is -0.381. The number of alkyl halides is 3. The summed E-state index contributed by atoms with van der Waals surface area (Å²) in [6.45, 7) is 6.50. The van der Waals surface area contributed by atoms with Crippen molar-refractivity contribution in [1.82, 2.24) is 15.2 Å². The predicted molar refractivity (Wildman–Crippen MR) is 109 cm³/mol. The third kappa shape index (κ3) is 8.28. The molecule has 6 nitrogen and oxygen atoms in total. The molecule has 2 N–H and O–H groups in total. The zero-order chi connectivity index (χ0) is 22.0. The third-order valence-corrected chi connectivity index (χ3v) is 4.38. The highest BCUT2D eigenvalue weighted by molar-refractivity contribution is 5.89. The second-order valence-corrected chi connectivity index (χ2v) is 6.59. The van der Waals surface area contributed by atoms with E-state index in [9.17, 15) is 18.0 Å². The van der Waals surface area contributed by atoms with Crippen LogP contribution in [0.2, 0.25) is 0 Å². The quantitative estimate of drug-likeness (QED) is 0.724. The van der Waals surface area contributed by atoms with Crippen molar-refractivity contribution in [3.05, 3.63) is 54.4 Å². The maximum atomic E-state index is 12.3. The van der Waals surface area contributed by atoms with E-state index in [1.807, 2.05) is 32.2 Å². The van der Waals surface area contributed by atoms with Crippen LogP contribution in [-0.4, -0.2) is 41.4 Å². The van der Waals surface area contributed by atoms with Crippen LogP contribution in [0.25, 0.3) is 0 Å². The molecule has 0 bridgehead atoms. The van der Waals surface area contributed by atoms with Gasteiger partial charge in [-0.15, -0.1) is 13.2 Å². The van der Waals surface area contributed by atoms with Gasteiger partial charge >= 0.3 is 12.4 Å². The molecule has 2 heterocycles. The summed E-state index contributed by atoms with van der Waals surface area (Å²) >= 11 is 0. The van der Waals surface area contributed by atoms with Crippen molar-refractivity contribution in [2.45, 2.75) is 45.6 Å². The number of pyridine rings is 1. The van der Waals surface area contributed by atoms with Crippen LogP contribution in [0.5, 0.6) is 5.75 Å². The van der Waals surface area contributed by atoms with Crippen molar-refractivity contribution in [2.24, 2.45) is 0 Å². The molecule has 1 aromatic carbocycles. The normalized spacial score (nSPS) is 15.0. The van der Waals surface area contributed by atoms with E-state index in [2.05, 4.69) is 25.3 Å². The SMILES string of the molecule is CC.O=C(Nc1cccc(OC(F)(F)F)c1)NC1CCN(Cc2cccnc2)CC1. The Labute approximate surface area is 174 Å². The van der Waals surface area contributed by atoms with E-state index in [0.717, 1.165) is 44.1 Å². The largest absolute Gasteiger partial charge is 0.573 e. The Morgan fingerprint density at radius 1 is 1.20 bits per heavy atom. The van der Waals surface area contributed by atoms with Crippen LogP contribution in [0, 0.1) is 0 Å². The van der Waals surface area contributed by atoms with Gasteiger partial charge in [-0.2, -0.15) is 0 Å². The number of urea groups is 1. The molecule has 0 spiro atoms. The van der Waals surface area contributed by atoms with Gasteiger partial charge in [-0.1, -0.05) is 26.0 Å². The van der Waals surface area contributed by atoms with Crippen LogP contribution in [0.4, 0.5) is 23.7 Å². The molecule has 1 aliphatic heterocycles. The number of hydrogen-bond donors (Lipinski definition) is 2. The van der Waals surface area contributed by atoms with E-state index in [-0.39, 0.29) is 17.5 Å². The van der Waals surface area contributed by atoms with Crippen LogP contribution >= 0.6 is 0 Å². The van der Waals surface area contributed by atoms with Gasteiger partial charge in [-0.05, 0) is 36.6 Å². The van der Waals surface area contributed by atoms with E-state index in [4.69, 9.17) is 0 Å². The fourth-order valence-electron chi connectivity index (χ4n) is 3.11. The van der Waals surface area contributed by atoms with Crippen LogP contribution in [0.3, 0.4) is 0 Å². The Bertz CT molecular complexity index is 779. The third-order valence-electron chi connectivity index (χ3n) is 4.38. The van der Waals surface area contributed by atoms with Crippen LogP contribution < -0.4 is 15.4 Å². The number of carbonyl (C=O) groups excluding carboxylic acids is 1. The number of likely N-dealkylation sites (tertiary alicyclic amines) is 1. The van der Waals surface area contributed by atoms with Crippen LogP contribution in [0.1, 0.15) is 32.3 Å². The average Bonchev–Trinajstić information content (AvgIpc) is 2.71. The molecule has 1 fully saturated rings. The summed E-state index contributed by atoms with van der Waals surface area (Å²) in [5, 5.41) is 5.41. The van der Waals surface area contributed by atoms with Crippen molar-refractivity contribution < 1.29 is 22.7 Å². The van der Waals surface area contributed by atoms with E-state index >= 15 is 0 Å². The van der Waals surface area contributed by atoms with Crippen molar-refractivity contribution >= 4 is 11.7 Å². The zero-order valence-corrected chi connectivity index (χ0v) is 17.1. The number of nitrogens with zero attached hydrogens (tertiary/aromatic N) is 2. The first kappa shape index (κ1) is 23.5. The van der Waals surface area contributed by atoms with E-state index < -0.39 is 12.4 Å². The van der Waals surface area contributed by atoms with Gasteiger partial charge in [0.15, 0.2) is 0 Å². The molecule has 0 radical (unpaired) electrons. The van der Waals surface area contributed by atoms with Crippen LogP contribution in [-0.2, 0) is 6.54 Å². The molecule has 1 saturated heterocycles. The molecule has 164 valence electrons. The van der Waals surface area contributed by atoms with Crippen molar-refractivity contribution in [1.29, 1.82) is 0 Å². The molecule has 2 amide bonds. The minimum Gasteiger partial charge on any atom is -0.406 e. The summed E-state index contributed by atoms with van der Waals surface area (Å²) in [6.07, 6.45) is 0.401.